The van der Waals surface area contributed by atoms with E-state index in [1.807, 2.05) is 6.92 Å². The van der Waals surface area contributed by atoms with Gasteiger partial charge in [-0.25, -0.2) is 8.42 Å². The van der Waals surface area contributed by atoms with Gasteiger partial charge >= 0.3 is 0 Å². The smallest absolute Gasteiger partial charge is 0.239 e. The summed E-state index contributed by atoms with van der Waals surface area (Å²) in [5.74, 6) is -0.238. The van der Waals surface area contributed by atoms with Crippen molar-refractivity contribution in [3.8, 4) is 0 Å². The minimum Gasteiger partial charge on any atom is -0.375 e. The van der Waals surface area contributed by atoms with Gasteiger partial charge in [-0.1, -0.05) is 54.7 Å². The number of hydrogen-bond acceptors (Lipinski definition) is 4. The predicted octanol–water partition coefficient (Wildman–Crippen LogP) is 4.15. The lowest BCUT2D eigenvalue weighted by Crippen LogP contribution is -2.30. The van der Waals surface area contributed by atoms with Gasteiger partial charge in [-0.3, -0.25) is 4.79 Å². The molecular weight excluding hydrogens is 395 g/mol. The molecule has 26 heavy (non-hydrogen) atoms. The highest BCUT2D eigenvalue weighted by molar-refractivity contribution is 7.91. The summed E-state index contributed by atoms with van der Waals surface area (Å²) < 4.78 is 25.9. The van der Waals surface area contributed by atoms with Crippen LogP contribution in [0.15, 0.2) is 52.3 Å². The highest BCUT2D eigenvalue weighted by Crippen LogP contribution is 2.36. The fraction of sp³-hybridized carbons (Fsp3) is 0.278. The zero-order valence-electron chi connectivity index (χ0n) is 14.3. The molecule has 0 aromatic heterocycles. The maximum absolute atomic E-state index is 13.0. The Bertz CT molecular complexity index is 872. The third kappa shape index (κ3) is 5.13. The van der Waals surface area contributed by atoms with Crippen molar-refractivity contribution in [3.05, 3.63) is 52.5 Å². The molecule has 0 bridgehead atoms. The second kappa shape index (κ2) is 9.26. The van der Waals surface area contributed by atoms with Gasteiger partial charge in [-0.05, 0) is 30.7 Å². The van der Waals surface area contributed by atoms with Crippen LogP contribution >= 0.6 is 23.2 Å². The molecule has 0 heterocycles. The van der Waals surface area contributed by atoms with Crippen molar-refractivity contribution in [1.29, 1.82) is 0 Å². The van der Waals surface area contributed by atoms with Gasteiger partial charge in [0.2, 0.25) is 15.7 Å². The molecule has 8 heteroatoms. The molecule has 0 fully saturated rings. The Morgan fingerprint density at radius 2 is 1.81 bits per heavy atom. The predicted molar refractivity (Wildman–Crippen MR) is 105 cm³/mol. The molecule has 2 N–H and O–H groups in total. The molecule has 0 radical (unpaired) electrons. The summed E-state index contributed by atoms with van der Waals surface area (Å²) in [6, 6.07) is 10.8. The molecule has 0 aliphatic rings. The van der Waals surface area contributed by atoms with Crippen LogP contribution in [0.25, 0.3) is 0 Å². The molecule has 0 spiro atoms. The minimum absolute atomic E-state index is 0.00440. The van der Waals surface area contributed by atoms with Gasteiger partial charge in [-0.2, -0.15) is 0 Å². The van der Waals surface area contributed by atoms with Crippen LogP contribution in [0.2, 0.25) is 10.0 Å². The van der Waals surface area contributed by atoms with E-state index < -0.39 is 9.84 Å². The molecule has 2 aromatic carbocycles. The second-order valence-electron chi connectivity index (χ2n) is 5.64. The fourth-order valence-electron chi connectivity index (χ4n) is 2.32. The summed E-state index contributed by atoms with van der Waals surface area (Å²) in [5.41, 5.74) is 0.192. The Labute approximate surface area is 163 Å². The number of anilines is 1. The van der Waals surface area contributed by atoms with Crippen LogP contribution < -0.4 is 10.6 Å². The average molecular weight is 415 g/mol. The molecule has 1 amide bonds. The van der Waals surface area contributed by atoms with Crippen LogP contribution in [0.1, 0.15) is 19.8 Å². The molecule has 0 saturated heterocycles. The number of rotatable bonds is 8. The van der Waals surface area contributed by atoms with Gasteiger partial charge in [-0.15, -0.1) is 0 Å². The SMILES string of the molecule is CCCCNC(=O)CNc1cc(Cl)cc(Cl)c1S(=O)(=O)c1ccccc1. The first kappa shape index (κ1) is 20.6. The lowest BCUT2D eigenvalue weighted by atomic mass is 10.3. The molecule has 0 unspecified atom stereocenters. The monoisotopic (exact) mass is 414 g/mol. The fourth-order valence-corrected chi connectivity index (χ4v) is 4.61. The number of unbranched alkanes of at least 4 members (excludes halogenated alkanes) is 1. The topological polar surface area (TPSA) is 75.3 Å². The Kier molecular flexibility index (Phi) is 7.32. The van der Waals surface area contributed by atoms with Crippen molar-refractivity contribution in [1.82, 2.24) is 5.32 Å². The van der Waals surface area contributed by atoms with E-state index >= 15 is 0 Å². The number of sulfone groups is 1. The van der Waals surface area contributed by atoms with Gasteiger partial charge in [0, 0.05) is 11.6 Å². The van der Waals surface area contributed by atoms with Crippen LogP contribution in [0, 0.1) is 0 Å². The van der Waals surface area contributed by atoms with Crippen LogP contribution in [0.4, 0.5) is 5.69 Å². The lowest BCUT2D eigenvalue weighted by molar-refractivity contribution is -0.119. The first-order chi connectivity index (χ1) is 12.4. The van der Waals surface area contributed by atoms with Crippen molar-refractivity contribution in [3.63, 3.8) is 0 Å². The molecule has 0 aliphatic carbocycles. The van der Waals surface area contributed by atoms with Crippen molar-refractivity contribution in [2.45, 2.75) is 29.6 Å². The highest BCUT2D eigenvalue weighted by Gasteiger charge is 2.25. The van der Waals surface area contributed by atoms with Crippen LogP contribution in [-0.2, 0) is 14.6 Å². The maximum atomic E-state index is 13.0. The number of benzene rings is 2. The second-order valence-corrected chi connectivity index (χ2v) is 8.37. The molecule has 0 aliphatic heterocycles. The lowest BCUT2D eigenvalue weighted by Gasteiger charge is -2.15. The minimum atomic E-state index is -3.87. The van der Waals surface area contributed by atoms with Gasteiger partial charge in [0.1, 0.15) is 4.90 Å². The zero-order valence-corrected chi connectivity index (χ0v) is 16.6. The standard InChI is InChI=1S/C18H20Cl2N2O3S/c1-2-3-9-21-17(23)12-22-16-11-13(19)10-15(20)18(16)26(24,25)14-7-5-4-6-8-14/h4-8,10-11,22H,2-3,9,12H2,1H3,(H,21,23). The number of nitrogens with one attached hydrogen (secondary N) is 2. The summed E-state index contributed by atoms with van der Waals surface area (Å²) in [6.45, 7) is 2.51. The molecule has 5 nitrogen and oxygen atoms in total. The Hall–Kier alpha value is -1.76. The van der Waals surface area contributed by atoms with E-state index in [1.54, 1.807) is 18.2 Å². The summed E-state index contributed by atoms with van der Waals surface area (Å²) in [4.78, 5) is 11.9. The van der Waals surface area contributed by atoms with Crippen LogP contribution in [0.3, 0.4) is 0 Å². The van der Waals surface area contributed by atoms with E-state index in [0.29, 0.717) is 6.54 Å². The highest BCUT2D eigenvalue weighted by atomic mass is 35.5. The van der Waals surface area contributed by atoms with E-state index in [1.165, 1.54) is 24.3 Å². The molecule has 140 valence electrons. The van der Waals surface area contributed by atoms with Gasteiger partial charge in [0.05, 0.1) is 22.2 Å². The van der Waals surface area contributed by atoms with Crippen LogP contribution in [-0.4, -0.2) is 27.4 Å². The molecule has 0 atom stereocenters. The number of hydrogen-bond donors (Lipinski definition) is 2. The summed E-state index contributed by atoms with van der Waals surface area (Å²) >= 11 is 12.2. The number of carbonyl (C=O) groups excluding carboxylic acids is 1. The van der Waals surface area contributed by atoms with E-state index in [9.17, 15) is 13.2 Å². The van der Waals surface area contributed by atoms with E-state index in [0.717, 1.165) is 12.8 Å². The molecule has 2 rings (SSSR count). The quantitative estimate of drug-likeness (QED) is 0.635. The van der Waals surface area contributed by atoms with Crippen molar-refractivity contribution >= 4 is 44.6 Å². The summed E-state index contributed by atoms with van der Waals surface area (Å²) in [7, 11) is -3.87. The van der Waals surface area contributed by atoms with E-state index in [-0.39, 0.29) is 38.0 Å². The third-order valence-corrected chi connectivity index (χ3v) is 6.12. The number of amides is 1. The maximum Gasteiger partial charge on any atom is 0.239 e. The molecular formula is C18H20Cl2N2O3S. The van der Waals surface area contributed by atoms with Gasteiger partial charge < -0.3 is 10.6 Å². The first-order valence-corrected chi connectivity index (χ1v) is 10.4. The normalized spacial score (nSPS) is 11.2. The Morgan fingerprint density at radius 1 is 1.12 bits per heavy atom. The number of halogens is 2. The summed E-state index contributed by atoms with van der Waals surface area (Å²) in [6.07, 6.45) is 1.85. The summed E-state index contributed by atoms with van der Waals surface area (Å²) in [5, 5.41) is 5.86. The largest absolute Gasteiger partial charge is 0.375 e. The van der Waals surface area contributed by atoms with E-state index in [4.69, 9.17) is 23.2 Å². The van der Waals surface area contributed by atoms with Gasteiger partial charge in [0.25, 0.3) is 0 Å². The number of carbonyl (C=O) groups is 1. The Morgan fingerprint density at radius 3 is 2.46 bits per heavy atom. The Balaban J connectivity index is 2.31. The van der Waals surface area contributed by atoms with Crippen molar-refractivity contribution in [2.24, 2.45) is 0 Å². The zero-order chi connectivity index (χ0) is 19.2. The van der Waals surface area contributed by atoms with Gasteiger partial charge in [0.15, 0.2) is 0 Å². The average Bonchev–Trinajstić information content (AvgIpc) is 2.60. The first-order valence-electron chi connectivity index (χ1n) is 8.16. The van der Waals surface area contributed by atoms with Crippen molar-refractivity contribution in [2.75, 3.05) is 18.4 Å². The van der Waals surface area contributed by atoms with E-state index in [2.05, 4.69) is 10.6 Å². The third-order valence-electron chi connectivity index (χ3n) is 3.62. The molecule has 0 saturated carbocycles. The molecule has 2 aromatic rings. The van der Waals surface area contributed by atoms with Crippen LogP contribution in [0.5, 0.6) is 0 Å². The van der Waals surface area contributed by atoms with Crippen molar-refractivity contribution < 1.29 is 13.2 Å².